The highest BCUT2D eigenvalue weighted by Gasteiger charge is 2.08. The molecule has 0 bridgehead atoms. The predicted octanol–water partition coefficient (Wildman–Crippen LogP) is 5.26. The van der Waals surface area contributed by atoms with Crippen molar-refractivity contribution in [2.45, 2.75) is 0 Å². The van der Waals surface area contributed by atoms with Crippen molar-refractivity contribution in [1.29, 1.82) is 0 Å². The van der Waals surface area contributed by atoms with E-state index in [-0.39, 0.29) is 5.91 Å². The molecule has 7 heteroatoms. The molecule has 0 atom stereocenters. The Kier molecular flexibility index (Phi) is 5.04. The molecule has 1 aromatic heterocycles. The Morgan fingerprint density at radius 2 is 2.00 bits per heavy atom. The smallest absolute Gasteiger partial charge is 0.250 e. The molecule has 0 radical (unpaired) electrons. The van der Waals surface area contributed by atoms with Gasteiger partial charge in [-0.25, -0.2) is 4.98 Å². The zero-order valence-electron chi connectivity index (χ0n) is 12.5. The molecule has 3 rings (SSSR count). The van der Waals surface area contributed by atoms with Gasteiger partial charge in [0.15, 0.2) is 5.13 Å². The van der Waals surface area contributed by atoms with Gasteiger partial charge in [0.25, 0.3) is 0 Å². The van der Waals surface area contributed by atoms with Crippen molar-refractivity contribution >= 4 is 61.9 Å². The van der Waals surface area contributed by atoms with Gasteiger partial charge < -0.3 is 4.74 Å². The summed E-state index contributed by atoms with van der Waals surface area (Å²) in [4.78, 5) is 16.4. The van der Waals surface area contributed by atoms with Crippen LogP contribution in [-0.2, 0) is 4.79 Å². The molecular weight excluding hydrogens is 367 g/mol. The average Bonchev–Trinajstić information content (AvgIpc) is 2.95. The maximum atomic E-state index is 12.1. The van der Waals surface area contributed by atoms with Crippen LogP contribution in [0.25, 0.3) is 16.3 Å². The summed E-state index contributed by atoms with van der Waals surface area (Å²) < 4.78 is 6.11. The SMILES string of the molecule is COc1ccc2nc(NC(=O)/C=C/c3c(Cl)cccc3Cl)sc2c1. The van der Waals surface area contributed by atoms with Crippen LogP contribution in [0.2, 0.25) is 10.0 Å². The third-order valence-corrected chi connectivity index (χ3v) is 4.82. The van der Waals surface area contributed by atoms with Crippen LogP contribution in [0.3, 0.4) is 0 Å². The zero-order valence-corrected chi connectivity index (χ0v) is 14.9. The Morgan fingerprint density at radius 3 is 2.71 bits per heavy atom. The standard InChI is InChI=1S/C17H12Cl2N2O2S/c1-23-10-5-7-14-15(9-10)24-17(20-14)21-16(22)8-6-11-12(18)3-2-4-13(11)19/h2-9H,1H3,(H,20,21,22)/b8-6+. The number of nitrogens with zero attached hydrogens (tertiary/aromatic N) is 1. The van der Waals surface area contributed by atoms with E-state index < -0.39 is 0 Å². The number of nitrogens with one attached hydrogen (secondary N) is 1. The number of carbonyl (C=O) groups excluding carboxylic acids is 1. The molecule has 0 saturated carbocycles. The van der Waals surface area contributed by atoms with E-state index in [0.29, 0.717) is 20.7 Å². The summed E-state index contributed by atoms with van der Waals surface area (Å²) in [6, 6.07) is 10.7. The van der Waals surface area contributed by atoms with Crippen molar-refractivity contribution in [2.75, 3.05) is 12.4 Å². The van der Waals surface area contributed by atoms with Crippen molar-refractivity contribution in [2.24, 2.45) is 0 Å². The molecule has 1 heterocycles. The number of halogens is 2. The second-order valence-electron chi connectivity index (χ2n) is 4.81. The summed E-state index contributed by atoms with van der Waals surface area (Å²) in [6.45, 7) is 0. The predicted molar refractivity (Wildman–Crippen MR) is 100 cm³/mol. The van der Waals surface area contributed by atoms with Crippen molar-refractivity contribution in [1.82, 2.24) is 4.98 Å². The molecule has 3 aromatic rings. The van der Waals surface area contributed by atoms with E-state index in [4.69, 9.17) is 27.9 Å². The summed E-state index contributed by atoms with van der Waals surface area (Å²) >= 11 is 13.5. The second kappa shape index (κ2) is 7.21. The highest BCUT2D eigenvalue weighted by atomic mass is 35.5. The Hall–Kier alpha value is -2.08. The normalized spacial score (nSPS) is 11.1. The number of hydrogen-bond acceptors (Lipinski definition) is 4. The quantitative estimate of drug-likeness (QED) is 0.629. The monoisotopic (exact) mass is 378 g/mol. The molecule has 0 fully saturated rings. The van der Waals surface area contributed by atoms with Crippen LogP contribution in [-0.4, -0.2) is 18.0 Å². The largest absolute Gasteiger partial charge is 0.497 e. The molecule has 0 aliphatic rings. The van der Waals surface area contributed by atoms with Gasteiger partial charge >= 0.3 is 0 Å². The third kappa shape index (κ3) is 3.70. The molecular formula is C17H12Cl2N2O2S. The lowest BCUT2D eigenvalue weighted by Gasteiger charge is -2.00. The maximum Gasteiger partial charge on any atom is 0.250 e. The number of amides is 1. The lowest BCUT2D eigenvalue weighted by molar-refractivity contribution is -0.111. The number of carbonyl (C=O) groups is 1. The average molecular weight is 379 g/mol. The van der Waals surface area contributed by atoms with Gasteiger partial charge in [-0.1, -0.05) is 40.6 Å². The summed E-state index contributed by atoms with van der Waals surface area (Å²) in [5.41, 5.74) is 1.40. The van der Waals surface area contributed by atoms with Gasteiger partial charge in [-0.05, 0) is 36.4 Å². The van der Waals surface area contributed by atoms with E-state index in [9.17, 15) is 4.79 Å². The first-order chi connectivity index (χ1) is 11.6. The van der Waals surface area contributed by atoms with Gasteiger partial charge in [0.2, 0.25) is 5.91 Å². The number of anilines is 1. The van der Waals surface area contributed by atoms with Crippen LogP contribution in [0, 0.1) is 0 Å². The first kappa shape index (κ1) is 16.8. The molecule has 2 aromatic carbocycles. The molecule has 0 unspecified atom stereocenters. The Balaban J connectivity index is 1.76. The summed E-state index contributed by atoms with van der Waals surface area (Å²) in [7, 11) is 1.61. The first-order valence-corrected chi connectivity index (χ1v) is 8.52. The van der Waals surface area contributed by atoms with Gasteiger partial charge in [-0.2, -0.15) is 0 Å². The third-order valence-electron chi connectivity index (χ3n) is 3.23. The number of ether oxygens (including phenoxy) is 1. The van der Waals surface area contributed by atoms with Crippen molar-refractivity contribution in [3.05, 3.63) is 58.1 Å². The summed E-state index contributed by atoms with van der Waals surface area (Å²) in [5.74, 6) is 0.439. The lowest BCUT2D eigenvalue weighted by atomic mass is 10.2. The number of rotatable bonds is 4. The van der Waals surface area contributed by atoms with Crippen LogP contribution >= 0.6 is 34.5 Å². The van der Waals surface area contributed by atoms with Crippen LogP contribution in [0.5, 0.6) is 5.75 Å². The van der Waals surface area contributed by atoms with E-state index in [1.807, 2.05) is 18.2 Å². The van der Waals surface area contributed by atoms with Crippen LogP contribution in [0.4, 0.5) is 5.13 Å². The minimum atomic E-state index is -0.308. The van der Waals surface area contributed by atoms with Gasteiger partial charge in [0, 0.05) is 21.7 Å². The number of fused-ring (bicyclic) bond motifs is 1. The fourth-order valence-corrected chi connectivity index (χ4v) is 3.48. The van der Waals surface area contributed by atoms with E-state index in [2.05, 4.69) is 10.3 Å². The van der Waals surface area contributed by atoms with E-state index in [1.54, 1.807) is 31.4 Å². The van der Waals surface area contributed by atoms with Gasteiger partial charge in [0.1, 0.15) is 5.75 Å². The van der Waals surface area contributed by atoms with E-state index in [0.717, 1.165) is 16.0 Å². The number of benzene rings is 2. The minimum Gasteiger partial charge on any atom is -0.497 e. The topological polar surface area (TPSA) is 51.2 Å². The first-order valence-electron chi connectivity index (χ1n) is 6.94. The highest BCUT2D eigenvalue weighted by Crippen LogP contribution is 2.29. The second-order valence-corrected chi connectivity index (χ2v) is 6.66. The number of hydrogen-bond donors (Lipinski definition) is 1. The molecule has 122 valence electrons. The van der Waals surface area contributed by atoms with E-state index in [1.165, 1.54) is 17.4 Å². The fourth-order valence-electron chi connectivity index (χ4n) is 2.06. The number of aromatic nitrogens is 1. The summed E-state index contributed by atoms with van der Waals surface area (Å²) in [6.07, 6.45) is 2.95. The van der Waals surface area contributed by atoms with Crippen molar-refractivity contribution in [3.8, 4) is 5.75 Å². The molecule has 1 amide bonds. The Bertz CT molecular complexity index is 917. The van der Waals surface area contributed by atoms with Gasteiger partial charge in [-0.3, -0.25) is 10.1 Å². The van der Waals surface area contributed by atoms with Crippen LogP contribution < -0.4 is 10.1 Å². The minimum absolute atomic E-state index is 0.308. The molecule has 0 spiro atoms. The van der Waals surface area contributed by atoms with Crippen LogP contribution in [0.15, 0.2) is 42.5 Å². The number of thiazole rings is 1. The van der Waals surface area contributed by atoms with Crippen molar-refractivity contribution in [3.63, 3.8) is 0 Å². The maximum absolute atomic E-state index is 12.1. The van der Waals surface area contributed by atoms with Crippen LogP contribution in [0.1, 0.15) is 5.56 Å². The lowest BCUT2D eigenvalue weighted by Crippen LogP contribution is -2.07. The molecule has 24 heavy (non-hydrogen) atoms. The molecule has 0 saturated heterocycles. The van der Waals surface area contributed by atoms with Gasteiger partial charge in [-0.15, -0.1) is 0 Å². The Morgan fingerprint density at radius 1 is 1.25 bits per heavy atom. The molecule has 0 aliphatic heterocycles. The molecule has 4 nitrogen and oxygen atoms in total. The highest BCUT2D eigenvalue weighted by molar-refractivity contribution is 7.22. The summed E-state index contributed by atoms with van der Waals surface area (Å²) in [5, 5.41) is 4.21. The molecule has 0 aliphatic carbocycles. The van der Waals surface area contributed by atoms with Gasteiger partial charge in [0.05, 0.1) is 17.3 Å². The van der Waals surface area contributed by atoms with Crippen molar-refractivity contribution < 1.29 is 9.53 Å². The van der Waals surface area contributed by atoms with E-state index >= 15 is 0 Å². The zero-order chi connectivity index (χ0) is 17.1. The Labute approximate surface area is 152 Å². The fraction of sp³-hybridized carbons (Fsp3) is 0.0588. The molecule has 1 N–H and O–H groups in total. The number of methoxy groups -OCH3 is 1.